The van der Waals surface area contributed by atoms with Gasteiger partial charge in [0.25, 0.3) is 10.1 Å². The van der Waals surface area contributed by atoms with Crippen molar-refractivity contribution in [2.24, 2.45) is 0 Å². The predicted octanol–water partition coefficient (Wildman–Crippen LogP) is 5.10. The van der Waals surface area contributed by atoms with Crippen LogP contribution in [0.2, 0.25) is 0 Å². The molecule has 0 saturated carbocycles. The van der Waals surface area contributed by atoms with E-state index >= 15 is 0 Å². The molecule has 23 heavy (non-hydrogen) atoms. The number of unbranched alkanes of at least 4 members (excludes halogenated alkanes) is 11. The third-order valence-corrected chi connectivity index (χ3v) is 5.71. The molecule has 0 aliphatic heterocycles. The Morgan fingerprint density at radius 3 is 1.57 bits per heavy atom. The smallest absolute Gasteiger partial charge is 0.267 e. The standard InChI is InChI=1S/C18H38O4S/c1-3-4-5-6-7-8-9-10-11-12-13-14-15-18(19)16-17(2)23(20,21)22/h17-19H,3-16H2,1-2H3,(H,20,21,22). The highest BCUT2D eigenvalue weighted by atomic mass is 32.2. The fraction of sp³-hybridized carbons (Fsp3) is 1.00. The summed E-state index contributed by atoms with van der Waals surface area (Å²) in [6, 6.07) is 0. The Morgan fingerprint density at radius 1 is 0.783 bits per heavy atom. The second-order valence-corrected chi connectivity index (χ2v) is 8.73. The first-order chi connectivity index (χ1) is 10.9. The quantitative estimate of drug-likeness (QED) is 0.300. The van der Waals surface area contributed by atoms with E-state index in [1.165, 1.54) is 71.1 Å². The van der Waals surface area contributed by atoms with Crippen molar-refractivity contribution in [1.82, 2.24) is 0 Å². The molecule has 0 saturated heterocycles. The average molecular weight is 351 g/mol. The summed E-state index contributed by atoms with van der Waals surface area (Å²) in [4.78, 5) is 0. The van der Waals surface area contributed by atoms with Gasteiger partial charge in [-0.2, -0.15) is 8.42 Å². The van der Waals surface area contributed by atoms with Crippen molar-refractivity contribution in [2.75, 3.05) is 0 Å². The second kappa shape index (κ2) is 14.2. The van der Waals surface area contributed by atoms with E-state index in [4.69, 9.17) is 4.55 Å². The van der Waals surface area contributed by atoms with E-state index in [2.05, 4.69) is 6.92 Å². The van der Waals surface area contributed by atoms with Crippen LogP contribution in [0, 0.1) is 0 Å². The van der Waals surface area contributed by atoms with Crippen molar-refractivity contribution in [2.45, 2.75) is 115 Å². The molecule has 2 unspecified atom stereocenters. The molecular formula is C18H38O4S. The zero-order valence-corrected chi connectivity index (χ0v) is 16.0. The lowest BCUT2D eigenvalue weighted by atomic mass is 10.0. The highest BCUT2D eigenvalue weighted by Crippen LogP contribution is 2.15. The van der Waals surface area contributed by atoms with Crippen molar-refractivity contribution < 1.29 is 18.1 Å². The molecule has 0 fully saturated rings. The van der Waals surface area contributed by atoms with Crippen LogP contribution in [0.5, 0.6) is 0 Å². The van der Waals surface area contributed by atoms with Crippen molar-refractivity contribution >= 4 is 10.1 Å². The first-order valence-electron chi connectivity index (χ1n) is 9.52. The molecule has 0 aromatic heterocycles. The van der Waals surface area contributed by atoms with Gasteiger partial charge in [0.2, 0.25) is 0 Å². The summed E-state index contributed by atoms with van der Waals surface area (Å²) >= 11 is 0. The first kappa shape index (κ1) is 22.9. The van der Waals surface area contributed by atoms with E-state index in [0.717, 1.165) is 12.8 Å². The Bertz CT molecular complexity index is 354. The van der Waals surface area contributed by atoms with Crippen LogP contribution >= 0.6 is 0 Å². The van der Waals surface area contributed by atoms with Crippen LogP contribution in [0.3, 0.4) is 0 Å². The zero-order chi connectivity index (χ0) is 17.6. The Balaban J connectivity index is 3.33. The van der Waals surface area contributed by atoms with Crippen LogP contribution in [-0.2, 0) is 10.1 Å². The van der Waals surface area contributed by atoms with E-state index in [1.54, 1.807) is 0 Å². The van der Waals surface area contributed by atoms with E-state index in [-0.39, 0.29) is 6.42 Å². The molecule has 0 heterocycles. The molecule has 0 spiro atoms. The summed E-state index contributed by atoms with van der Waals surface area (Å²) in [5.41, 5.74) is 0. The van der Waals surface area contributed by atoms with Crippen LogP contribution in [-0.4, -0.2) is 29.4 Å². The fourth-order valence-corrected chi connectivity index (χ4v) is 3.31. The summed E-state index contributed by atoms with van der Waals surface area (Å²) in [6.07, 6.45) is 15.4. The summed E-state index contributed by atoms with van der Waals surface area (Å²) in [5.74, 6) is 0. The molecule has 2 N–H and O–H groups in total. The van der Waals surface area contributed by atoms with E-state index < -0.39 is 21.5 Å². The van der Waals surface area contributed by atoms with Crippen LogP contribution in [0.15, 0.2) is 0 Å². The monoisotopic (exact) mass is 350 g/mol. The number of aliphatic hydroxyl groups is 1. The van der Waals surface area contributed by atoms with Gasteiger partial charge >= 0.3 is 0 Å². The highest BCUT2D eigenvalue weighted by Gasteiger charge is 2.20. The number of hydrogen-bond acceptors (Lipinski definition) is 3. The molecule has 0 aliphatic rings. The molecule has 0 aromatic rings. The van der Waals surface area contributed by atoms with Gasteiger partial charge in [0, 0.05) is 0 Å². The van der Waals surface area contributed by atoms with E-state index in [1.807, 2.05) is 0 Å². The molecule has 4 nitrogen and oxygen atoms in total. The van der Waals surface area contributed by atoms with Gasteiger partial charge in [-0.05, 0) is 19.8 Å². The van der Waals surface area contributed by atoms with Crippen molar-refractivity contribution in [3.8, 4) is 0 Å². The molecule has 0 rings (SSSR count). The summed E-state index contributed by atoms with van der Waals surface area (Å²) in [6.45, 7) is 3.68. The Hall–Kier alpha value is -0.130. The van der Waals surface area contributed by atoms with E-state index in [0.29, 0.717) is 6.42 Å². The molecule has 0 aromatic carbocycles. The lowest BCUT2D eigenvalue weighted by molar-refractivity contribution is 0.149. The molecule has 5 heteroatoms. The second-order valence-electron chi connectivity index (χ2n) is 6.89. The first-order valence-corrected chi connectivity index (χ1v) is 11.0. The number of rotatable bonds is 16. The van der Waals surface area contributed by atoms with Crippen LogP contribution in [0.1, 0.15) is 104 Å². The fourth-order valence-electron chi connectivity index (χ4n) is 2.84. The topological polar surface area (TPSA) is 74.6 Å². The lowest BCUT2D eigenvalue weighted by Crippen LogP contribution is -2.23. The number of hydrogen-bond donors (Lipinski definition) is 2. The van der Waals surface area contributed by atoms with Crippen molar-refractivity contribution in [3.63, 3.8) is 0 Å². The molecule has 0 radical (unpaired) electrons. The number of aliphatic hydroxyl groups excluding tert-OH is 1. The van der Waals surface area contributed by atoms with E-state index in [9.17, 15) is 13.5 Å². The summed E-state index contributed by atoms with van der Waals surface area (Å²) < 4.78 is 30.6. The molecular weight excluding hydrogens is 312 g/mol. The van der Waals surface area contributed by atoms with Gasteiger partial charge in [0.15, 0.2) is 0 Å². The third kappa shape index (κ3) is 15.2. The van der Waals surface area contributed by atoms with Crippen LogP contribution < -0.4 is 0 Å². The predicted molar refractivity (Wildman–Crippen MR) is 97.3 cm³/mol. The van der Waals surface area contributed by atoms with Gasteiger partial charge in [0.05, 0.1) is 11.4 Å². The van der Waals surface area contributed by atoms with Gasteiger partial charge in [0.1, 0.15) is 0 Å². The minimum Gasteiger partial charge on any atom is -0.393 e. The molecule has 0 amide bonds. The maximum atomic E-state index is 10.9. The van der Waals surface area contributed by atoms with Crippen molar-refractivity contribution in [3.05, 3.63) is 0 Å². The maximum absolute atomic E-state index is 10.9. The Kier molecular flexibility index (Phi) is 14.2. The minimum absolute atomic E-state index is 0.122. The third-order valence-electron chi connectivity index (χ3n) is 4.50. The largest absolute Gasteiger partial charge is 0.393 e. The zero-order valence-electron chi connectivity index (χ0n) is 15.2. The normalized spacial score (nSPS) is 14.8. The summed E-state index contributed by atoms with van der Waals surface area (Å²) in [7, 11) is -4.01. The van der Waals surface area contributed by atoms with Gasteiger partial charge < -0.3 is 5.11 Å². The van der Waals surface area contributed by atoms with Crippen LogP contribution in [0.25, 0.3) is 0 Å². The summed E-state index contributed by atoms with van der Waals surface area (Å²) in [5, 5.41) is 8.89. The highest BCUT2D eigenvalue weighted by molar-refractivity contribution is 7.86. The van der Waals surface area contributed by atoms with Gasteiger partial charge in [-0.1, -0.05) is 84.0 Å². The molecule has 0 aliphatic carbocycles. The minimum atomic E-state index is -4.01. The van der Waals surface area contributed by atoms with Crippen LogP contribution in [0.4, 0.5) is 0 Å². The van der Waals surface area contributed by atoms with Gasteiger partial charge in [-0.3, -0.25) is 4.55 Å². The Morgan fingerprint density at radius 2 is 1.17 bits per heavy atom. The lowest BCUT2D eigenvalue weighted by Gasteiger charge is -2.14. The van der Waals surface area contributed by atoms with Crippen molar-refractivity contribution in [1.29, 1.82) is 0 Å². The Labute approximate surface area is 143 Å². The van der Waals surface area contributed by atoms with Gasteiger partial charge in [-0.25, -0.2) is 0 Å². The average Bonchev–Trinajstić information content (AvgIpc) is 2.47. The van der Waals surface area contributed by atoms with Gasteiger partial charge in [-0.15, -0.1) is 0 Å². The molecule has 140 valence electrons. The SMILES string of the molecule is CCCCCCCCCCCCCCC(O)CC(C)S(=O)(=O)O. The molecule has 0 bridgehead atoms. The maximum Gasteiger partial charge on any atom is 0.267 e. The molecule has 2 atom stereocenters.